The standard InChI is InChI=1S/C19H38O5/c20-15-13-11-9-7-5-3-1-2-4-6-8-10-12-14-19(23)24-18(16-21)17-22/h18,20-22H,1-17H2. The van der Waals surface area contributed by atoms with E-state index in [0.29, 0.717) is 13.0 Å². The van der Waals surface area contributed by atoms with Gasteiger partial charge >= 0.3 is 5.97 Å². The van der Waals surface area contributed by atoms with Gasteiger partial charge in [0, 0.05) is 13.0 Å². The van der Waals surface area contributed by atoms with E-state index >= 15 is 0 Å². The van der Waals surface area contributed by atoms with Gasteiger partial charge in [-0.25, -0.2) is 0 Å². The molecule has 0 bridgehead atoms. The first-order valence-electron chi connectivity index (χ1n) is 9.76. The van der Waals surface area contributed by atoms with Gasteiger partial charge in [0.2, 0.25) is 0 Å². The molecule has 0 rings (SSSR count). The van der Waals surface area contributed by atoms with Gasteiger partial charge in [-0.05, 0) is 12.8 Å². The summed E-state index contributed by atoms with van der Waals surface area (Å²) in [6.07, 6.45) is 15.0. The van der Waals surface area contributed by atoms with Crippen molar-refractivity contribution < 1.29 is 24.9 Å². The average Bonchev–Trinajstić information content (AvgIpc) is 2.60. The van der Waals surface area contributed by atoms with Gasteiger partial charge in [0.1, 0.15) is 6.10 Å². The number of carbonyl (C=O) groups excluding carboxylic acids is 1. The van der Waals surface area contributed by atoms with Crippen LogP contribution in [0.4, 0.5) is 0 Å². The molecule has 0 aliphatic carbocycles. The monoisotopic (exact) mass is 346 g/mol. The van der Waals surface area contributed by atoms with Crippen molar-refractivity contribution in [2.24, 2.45) is 0 Å². The molecule has 0 radical (unpaired) electrons. The highest BCUT2D eigenvalue weighted by Crippen LogP contribution is 2.13. The van der Waals surface area contributed by atoms with Crippen molar-refractivity contribution in [3.8, 4) is 0 Å². The predicted molar refractivity (Wildman–Crippen MR) is 95.8 cm³/mol. The molecule has 0 spiro atoms. The van der Waals surface area contributed by atoms with Crippen molar-refractivity contribution in [1.29, 1.82) is 0 Å². The molecular weight excluding hydrogens is 308 g/mol. The normalized spacial score (nSPS) is 11.2. The Labute approximate surface area is 147 Å². The molecular formula is C19H38O5. The SMILES string of the molecule is O=C(CCCCCCCCCCCCCCCO)OC(CO)CO. The minimum absolute atomic E-state index is 0.326. The van der Waals surface area contributed by atoms with Crippen molar-refractivity contribution in [3.05, 3.63) is 0 Å². The van der Waals surface area contributed by atoms with Crippen LogP contribution < -0.4 is 0 Å². The molecule has 5 heteroatoms. The summed E-state index contributed by atoms with van der Waals surface area (Å²) in [5.41, 5.74) is 0. The second-order valence-corrected chi connectivity index (χ2v) is 6.55. The highest BCUT2D eigenvalue weighted by molar-refractivity contribution is 5.69. The lowest BCUT2D eigenvalue weighted by molar-refractivity contribution is -0.153. The van der Waals surface area contributed by atoms with Crippen LogP contribution in [0.25, 0.3) is 0 Å². The first-order valence-corrected chi connectivity index (χ1v) is 9.76. The van der Waals surface area contributed by atoms with Crippen LogP contribution >= 0.6 is 0 Å². The fourth-order valence-electron chi connectivity index (χ4n) is 2.70. The van der Waals surface area contributed by atoms with E-state index in [0.717, 1.165) is 32.1 Å². The largest absolute Gasteiger partial charge is 0.457 e. The van der Waals surface area contributed by atoms with Gasteiger partial charge < -0.3 is 20.1 Å². The molecule has 0 aromatic rings. The van der Waals surface area contributed by atoms with E-state index in [4.69, 9.17) is 20.1 Å². The maximum atomic E-state index is 11.4. The molecule has 0 saturated carbocycles. The van der Waals surface area contributed by atoms with Crippen LogP contribution in [0.1, 0.15) is 89.9 Å². The molecule has 24 heavy (non-hydrogen) atoms. The van der Waals surface area contributed by atoms with E-state index in [1.165, 1.54) is 51.4 Å². The second kappa shape index (κ2) is 18.7. The number of ether oxygens (including phenoxy) is 1. The molecule has 144 valence electrons. The van der Waals surface area contributed by atoms with Crippen LogP contribution in [0.5, 0.6) is 0 Å². The summed E-state index contributed by atoms with van der Waals surface area (Å²) in [4.78, 5) is 11.4. The van der Waals surface area contributed by atoms with Gasteiger partial charge in [-0.2, -0.15) is 0 Å². The highest BCUT2D eigenvalue weighted by atomic mass is 16.6. The lowest BCUT2D eigenvalue weighted by Crippen LogP contribution is -2.25. The smallest absolute Gasteiger partial charge is 0.306 e. The molecule has 0 fully saturated rings. The van der Waals surface area contributed by atoms with E-state index in [2.05, 4.69) is 0 Å². The summed E-state index contributed by atoms with van der Waals surface area (Å²) >= 11 is 0. The molecule has 0 aliphatic rings. The van der Waals surface area contributed by atoms with Gasteiger partial charge in [0.15, 0.2) is 0 Å². The highest BCUT2D eigenvalue weighted by Gasteiger charge is 2.11. The zero-order valence-electron chi connectivity index (χ0n) is 15.3. The Kier molecular flexibility index (Phi) is 18.2. The van der Waals surface area contributed by atoms with Gasteiger partial charge in [0.25, 0.3) is 0 Å². The Morgan fingerprint density at radius 2 is 1.00 bits per heavy atom. The molecule has 0 atom stereocenters. The third-order valence-electron chi connectivity index (χ3n) is 4.24. The van der Waals surface area contributed by atoms with E-state index in [1.807, 2.05) is 0 Å². The topological polar surface area (TPSA) is 87.0 Å². The summed E-state index contributed by atoms with van der Waals surface area (Å²) in [6, 6.07) is 0. The van der Waals surface area contributed by atoms with Crippen molar-refractivity contribution in [2.45, 2.75) is 96.0 Å². The summed E-state index contributed by atoms with van der Waals surface area (Å²) in [5.74, 6) is -0.331. The zero-order chi connectivity index (χ0) is 17.9. The number of aliphatic hydroxyl groups excluding tert-OH is 3. The Morgan fingerprint density at radius 3 is 1.38 bits per heavy atom. The molecule has 0 amide bonds. The maximum Gasteiger partial charge on any atom is 0.306 e. The number of hydrogen-bond acceptors (Lipinski definition) is 5. The lowest BCUT2D eigenvalue weighted by atomic mass is 10.0. The summed E-state index contributed by atoms with van der Waals surface area (Å²) in [7, 11) is 0. The van der Waals surface area contributed by atoms with E-state index in [-0.39, 0.29) is 19.2 Å². The molecule has 3 N–H and O–H groups in total. The van der Waals surface area contributed by atoms with Crippen molar-refractivity contribution in [2.75, 3.05) is 19.8 Å². The van der Waals surface area contributed by atoms with Crippen molar-refractivity contribution >= 4 is 5.97 Å². The van der Waals surface area contributed by atoms with Crippen LogP contribution in [-0.2, 0) is 9.53 Å². The molecule has 0 saturated heterocycles. The number of unbranched alkanes of at least 4 members (excludes halogenated alkanes) is 12. The predicted octanol–water partition coefficient (Wildman–Crippen LogP) is 3.34. The van der Waals surface area contributed by atoms with Crippen LogP contribution in [0.2, 0.25) is 0 Å². The molecule has 0 aromatic heterocycles. The second-order valence-electron chi connectivity index (χ2n) is 6.55. The molecule has 0 aliphatic heterocycles. The first kappa shape index (κ1) is 23.4. The lowest BCUT2D eigenvalue weighted by Gasteiger charge is -2.12. The van der Waals surface area contributed by atoms with E-state index in [1.54, 1.807) is 0 Å². The third-order valence-corrected chi connectivity index (χ3v) is 4.24. The van der Waals surface area contributed by atoms with Crippen LogP contribution in [0.3, 0.4) is 0 Å². The van der Waals surface area contributed by atoms with Gasteiger partial charge in [0.05, 0.1) is 13.2 Å². The quantitative estimate of drug-likeness (QED) is 0.262. The molecule has 0 unspecified atom stereocenters. The minimum Gasteiger partial charge on any atom is -0.457 e. The summed E-state index contributed by atoms with van der Waals surface area (Å²) in [5, 5.41) is 26.3. The summed E-state index contributed by atoms with van der Waals surface area (Å²) < 4.78 is 4.91. The third kappa shape index (κ3) is 16.2. The van der Waals surface area contributed by atoms with Crippen LogP contribution in [0, 0.1) is 0 Å². The minimum atomic E-state index is -0.771. The van der Waals surface area contributed by atoms with Gasteiger partial charge in [-0.15, -0.1) is 0 Å². The Bertz CT molecular complexity index is 266. The Hall–Kier alpha value is -0.650. The molecule has 5 nitrogen and oxygen atoms in total. The number of aliphatic hydroxyl groups is 3. The van der Waals surface area contributed by atoms with Crippen molar-refractivity contribution in [3.63, 3.8) is 0 Å². The fourth-order valence-corrected chi connectivity index (χ4v) is 2.70. The van der Waals surface area contributed by atoms with E-state index in [9.17, 15) is 4.79 Å². The number of carbonyl (C=O) groups is 1. The number of rotatable bonds is 18. The van der Waals surface area contributed by atoms with Gasteiger partial charge in [-0.3, -0.25) is 4.79 Å². The Morgan fingerprint density at radius 1 is 0.625 bits per heavy atom. The van der Waals surface area contributed by atoms with Gasteiger partial charge in [-0.1, -0.05) is 70.6 Å². The molecule has 0 heterocycles. The van der Waals surface area contributed by atoms with Crippen LogP contribution in [-0.4, -0.2) is 47.2 Å². The maximum absolute atomic E-state index is 11.4. The molecule has 0 aromatic carbocycles. The summed E-state index contributed by atoms with van der Waals surface area (Å²) in [6.45, 7) is -0.331. The zero-order valence-corrected chi connectivity index (χ0v) is 15.3. The first-order chi connectivity index (χ1) is 11.7. The van der Waals surface area contributed by atoms with E-state index < -0.39 is 6.10 Å². The van der Waals surface area contributed by atoms with Crippen LogP contribution in [0.15, 0.2) is 0 Å². The average molecular weight is 347 g/mol. The Balaban J connectivity index is 3.18. The fraction of sp³-hybridized carbons (Fsp3) is 0.947. The number of esters is 1. The van der Waals surface area contributed by atoms with Crippen molar-refractivity contribution in [1.82, 2.24) is 0 Å². The number of hydrogen-bond donors (Lipinski definition) is 3.